The van der Waals surface area contributed by atoms with Gasteiger partial charge in [0.2, 0.25) is 0 Å². The van der Waals surface area contributed by atoms with Crippen molar-refractivity contribution in [3.63, 3.8) is 0 Å². The van der Waals surface area contributed by atoms with E-state index in [1.807, 2.05) is 11.3 Å². The highest BCUT2D eigenvalue weighted by molar-refractivity contribution is 7.25. The van der Waals surface area contributed by atoms with Crippen LogP contribution in [0, 0.1) is 0 Å². The molecule has 0 amide bonds. The summed E-state index contributed by atoms with van der Waals surface area (Å²) in [5.74, 6) is 0. The summed E-state index contributed by atoms with van der Waals surface area (Å²) in [6, 6.07) is 80.0. The van der Waals surface area contributed by atoms with E-state index < -0.39 is 0 Å². The average Bonchev–Trinajstić information content (AvgIpc) is 3.80. The Labute approximate surface area is 343 Å². The van der Waals surface area contributed by atoms with E-state index in [2.05, 4.69) is 230 Å². The molecule has 1 aliphatic carbocycles. The van der Waals surface area contributed by atoms with E-state index in [0.29, 0.717) is 0 Å². The number of rotatable bonds is 7. The fourth-order valence-corrected chi connectivity index (χ4v) is 10.3. The molecule has 0 saturated heterocycles. The van der Waals surface area contributed by atoms with E-state index in [9.17, 15) is 0 Å². The van der Waals surface area contributed by atoms with Gasteiger partial charge in [-0.05, 0) is 123 Å². The predicted molar refractivity (Wildman–Crippen MR) is 248 cm³/mol. The summed E-state index contributed by atoms with van der Waals surface area (Å²) in [5, 5.41) is 2.64. The summed E-state index contributed by atoms with van der Waals surface area (Å²) < 4.78 is 2.63. The second-order valence-corrected chi connectivity index (χ2v) is 16.5. The Hall–Kier alpha value is -7.00. The van der Waals surface area contributed by atoms with Crippen molar-refractivity contribution in [2.75, 3.05) is 4.90 Å². The van der Waals surface area contributed by atoms with Crippen LogP contribution in [0.25, 0.3) is 64.7 Å². The lowest BCUT2D eigenvalue weighted by molar-refractivity contribution is 0.715. The number of nitrogens with zero attached hydrogens (tertiary/aromatic N) is 1. The van der Waals surface area contributed by atoms with Gasteiger partial charge < -0.3 is 4.90 Å². The first-order chi connectivity index (χ1) is 28.6. The molecule has 58 heavy (non-hydrogen) atoms. The largest absolute Gasteiger partial charge is 0.311 e. The van der Waals surface area contributed by atoms with Crippen molar-refractivity contribution >= 4 is 48.6 Å². The van der Waals surface area contributed by atoms with E-state index in [1.165, 1.54) is 81.4 Å². The molecule has 0 atom stereocenters. The topological polar surface area (TPSA) is 3.24 Å². The molecule has 11 rings (SSSR count). The van der Waals surface area contributed by atoms with Crippen LogP contribution < -0.4 is 4.90 Å². The molecule has 1 aromatic heterocycles. The predicted octanol–water partition coefficient (Wildman–Crippen LogP) is 15.9. The van der Waals surface area contributed by atoms with Gasteiger partial charge in [-0.2, -0.15) is 0 Å². The normalized spacial score (nSPS) is 12.7. The molecular weight excluding hydrogens is 719 g/mol. The molecule has 1 aliphatic rings. The number of benzene rings is 9. The van der Waals surface area contributed by atoms with E-state index in [-0.39, 0.29) is 5.41 Å². The Kier molecular flexibility index (Phi) is 8.20. The fraction of sp³-hybridized carbons (Fsp3) is 0.0357. The molecule has 10 aromatic rings. The van der Waals surface area contributed by atoms with Crippen LogP contribution in [0.1, 0.15) is 23.6 Å². The number of hydrogen-bond donors (Lipinski definition) is 0. The summed E-state index contributed by atoms with van der Waals surface area (Å²) >= 11 is 1.89. The van der Waals surface area contributed by atoms with Crippen LogP contribution >= 0.6 is 11.3 Å². The monoisotopic (exact) mass is 757 g/mol. The molecule has 0 radical (unpaired) electrons. The third kappa shape index (κ3) is 5.68. The molecule has 9 aromatic carbocycles. The molecule has 274 valence electrons. The lowest BCUT2D eigenvalue weighted by Crippen LogP contribution is -2.22. The number of thiophene rings is 1. The zero-order chi connectivity index (χ0) is 38.6. The van der Waals surface area contributed by atoms with Crippen LogP contribution in [0.15, 0.2) is 218 Å². The third-order valence-corrected chi connectivity index (χ3v) is 13.3. The maximum Gasteiger partial charge on any atom is 0.0462 e. The maximum atomic E-state index is 2.45. The van der Waals surface area contributed by atoms with Crippen LogP contribution in [-0.4, -0.2) is 0 Å². The molecule has 0 saturated carbocycles. The Morgan fingerprint density at radius 3 is 1.29 bits per heavy atom. The number of hydrogen-bond acceptors (Lipinski definition) is 2. The van der Waals surface area contributed by atoms with Gasteiger partial charge in [0, 0.05) is 42.6 Å². The molecular formula is C56H39NS. The van der Waals surface area contributed by atoms with Gasteiger partial charge in [0.1, 0.15) is 0 Å². The minimum atomic E-state index is -0.209. The van der Waals surface area contributed by atoms with Crippen LogP contribution in [-0.2, 0) is 5.41 Å². The van der Waals surface area contributed by atoms with Gasteiger partial charge in [0.25, 0.3) is 0 Å². The molecule has 2 heteroatoms. The van der Waals surface area contributed by atoms with Crippen LogP contribution in [0.3, 0.4) is 0 Å². The van der Waals surface area contributed by atoms with Gasteiger partial charge in [0.15, 0.2) is 0 Å². The lowest BCUT2D eigenvalue weighted by Gasteiger charge is -2.28. The van der Waals surface area contributed by atoms with Gasteiger partial charge in [-0.15, -0.1) is 11.3 Å². The Bertz CT molecular complexity index is 2960. The van der Waals surface area contributed by atoms with Crippen molar-refractivity contribution in [2.24, 2.45) is 0 Å². The maximum absolute atomic E-state index is 2.45. The van der Waals surface area contributed by atoms with Gasteiger partial charge in [-0.3, -0.25) is 0 Å². The highest BCUT2D eigenvalue weighted by Gasteiger charge is 2.40. The Morgan fingerprint density at radius 2 is 0.776 bits per heavy atom. The third-order valence-electron chi connectivity index (χ3n) is 12.2. The average molecular weight is 758 g/mol. The van der Waals surface area contributed by atoms with Gasteiger partial charge in [-0.25, -0.2) is 0 Å². The first kappa shape index (κ1) is 34.3. The highest BCUT2D eigenvalue weighted by Crippen LogP contribution is 2.53. The fourth-order valence-electron chi connectivity index (χ4n) is 9.15. The number of fused-ring (bicyclic) bond motifs is 6. The summed E-state index contributed by atoms with van der Waals surface area (Å²) in [6.07, 6.45) is 0. The summed E-state index contributed by atoms with van der Waals surface area (Å²) in [6.45, 7) is 2.40. The van der Waals surface area contributed by atoms with Crippen molar-refractivity contribution in [2.45, 2.75) is 12.3 Å². The highest BCUT2D eigenvalue weighted by atomic mass is 32.1. The van der Waals surface area contributed by atoms with Gasteiger partial charge in [-0.1, -0.05) is 164 Å². The zero-order valence-corrected chi connectivity index (χ0v) is 33.0. The van der Waals surface area contributed by atoms with Crippen molar-refractivity contribution in [3.8, 4) is 44.5 Å². The van der Waals surface area contributed by atoms with Gasteiger partial charge >= 0.3 is 0 Å². The second kappa shape index (κ2) is 13.9. The molecule has 1 nitrogen and oxygen atoms in total. The molecule has 0 bridgehead atoms. The minimum Gasteiger partial charge on any atom is -0.311 e. The van der Waals surface area contributed by atoms with Crippen molar-refractivity contribution in [1.29, 1.82) is 0 Å². The van der Waals surface area contributed by atoms with Gasteiger partial charge in [0.05, 0.1) is 0 Å². The SMILES string of the molecule is CC1(c2ccc3sc4cc(-c5ccc(N(c6ccc(-c7ccccc7)cc6)c6ccc(-c7ccccc7)cc6)cc5)ccc4c3c2)c2ccccc2-c2ccccc21. The minimum absolute atomic E-state index is 0.209. The molecule has 0 N–H and O–H groups in total. The van der Waals surface area contributed by atoms with Crippen molar-refractivity contribution in [1.82, 2.24) is 0 Å². The molecule has 0 spiro atoms. The zero-order valence-electron chi connectivity index (χ0n) is 32.1. The van der Waals surface area contributed by atoms with Crippen molar-refractivity contribution in [3.05, 3.63) is 235 Å². The number of anilines is 3. The molecule has 0 aliphatic heterocycles. The molecule has 0 unspecified atom stereocenters. The van der Waals surface area contributed by atoms with E-state index in [4.69, 9.17) is 0 Å². The Balaban J connectivity index is 0.938. The lowest BCUT2D eigenvalue weighted by atomic mass is 9.74. The Morgan fingerprint density at radius 1 is 0.345 bits per heavy atom. The molecule has 0 fully saturated rings. The van der Waals surface area contributed by atoms with Crippen LogP contribution in [0.4, 0.5) is 17.1 Å². The van der Waals surface area contributed by atoms with E-state index >= 15 is 0 Å². The summed E-state index contributed by atoms with van der Waals surface area (Å²) in [4.78, 5) is 2.35. The van der Waals surface area contributed by atoms with Crippen LogP contribution in [0.5, 0.6) is 0 Å². The molecule has 1 heterocycles. The van der Waals surface area contributed by atoms with Crippen molar-refractivity contribution < 1.29 is 0 Å². The first-order valence-electron chi connectivity index (χ1n) is 20.0. The first-order valence-corrected chi connectivity index (χ1v) is 20.8. The van der Waals surface area contributed by atoms with E-state index in [0.717, 1.165) is 17.1 Å². The quantitative estimate of drug-likeness (QED) is 0.156. The van der Waals surface area contributed by atoms with Crippen LogP contribution in [0.2, 0.25) is 0 Å². The second-order valence-electron chi connectivity index (χ2n) is 15.4. The standard InChI is InChI=1S/C56H39NS/c1-56(52-18-10-8-16-48(52)49-17-9-11-19-53(49)56)44-27-35-54-51(37-44)50-34-26-43(36-55(50)58-54)42-24-32-47(33-25-42)57(45-28-20-40(21-29-45)38-12-4-2-5-13-38)46-30-22-41(23-31-46)39-14-6-3-7-15-39/h2-37H,1H3. The summed E-state index contributed by atoms with van der Waals surface area (Å²) in [7, 11) is 0. The summed E-state index contributed by atoms with van der Waals surface area (Å²) in [5.41, 5.74) is 17.2. The van der Waals surface area contributed by atoms with E-state index in [1.54, 1.807) is 0 Å². The smallest absolute Gasteiger partial charge is 0.0462 e.